The van der Waals surface area contributed by atoms with Crippen LogP contribution in [0.15, 0.2) is 16.7 Å². The Morgan fingerprint density at radius 1 is 1.45 bits per heavy atom. The lowest BCUT2D eigenvalue weighted by Gasteiger charge is -2.07. The van der Waals surface area contributed by atoms with E-state index in [1.807, 2.05) is 20.2 Å². The third-order valence-electron chi connectivity index (χ3n) is 1.68. The quantitative estimate of drug-likeness (QED) is 0.659. The molecule has 0 saturated heterocycles. The van der Waals surface area contributed by atoms with Crippen molar-refractivity contribution in [3.05, 3.63) is 23.7 Å². The van der Waals surface area contributed by atoms with E-state index in [1.165, 1.54) is 5.56 Å². The zero-order chi connectivity index (χ0) is 8.27. The van der Waals surface area contributed by atoms with Crippen LogP contribution >= 0.6 is 0 Å². The third-order valence-corrected chi connectivity index (χ3v) is 1.68. The number of hydrogen-bond donors (Lipinski definition) is 0. The number of aryl methyl sites for hydroxylation is 1. The van der Waals surface area contributed by atoms with Gasteiger partial charge in [-0.2, -0.15) is 0 Å². The monoisotopic (exact) mass is 153 g/mol. The van der Waals surface area contributed by atoms with Gasteiger partial charge in [0.15, 0.2) is 0 Å². The van der Waals surface area contributed by atoms with E-state index >= 15 is 0 Å². The average molecular weight is 153 g/mol. The van der Waals surface area contributed by atoms with E-state index in [1.54, 1.807) is 6.26 Å². The van der Waals surface area contributed by atoms with Crippen molar-refractivity contribution >= 4 is 0 Å². The molecule has 1 aromatic heterocycles. The van der Waals surface area contributed by atoms with Gasteiger partial charge < -0.3 is 9.32 Å². The highest BCUT2D eigenvalue weighted by Crippen LogP contribution is 2.12. The molecule has 0 unspecified atom stereocenters. The zero-order valence-electron chi connectivity index (χ0n) is 7.42. The highest BCUT2D eigenvalue weighted by atomic mass is 16.3. The van der Waals surface area contributed by atoms with Crippen molar-refractivity contribution in [1.82, 2.24) is 4.90 Å². The summed E-state index contributed by atoms with van der Waals surface area (Å²) < 4.78 is 5.32. The largest absolute Gasteiger partial charge is 0.468 e. The van der Waals surface area contributed by atoms with Gasteiger partial charge in [0.25, 0.3) is 0 Å². The minimum Gasteiger partial charge on any atom is -0.468 e. The predicted octanol–water partition coefficient (Wildman–Crippen LogP) is 1.90. The molecule has 0 aliphatic rings. The molecule has 0 N–H and O–H groups in total. The third kappa shape index (κ3) is 2.09. The van der Waals surface area contributed by atoms with Crippen molar-refractivity contribution in [3.63, 3.8) is 0 Å². The Labute approximate surface area is 67.8 Å². The fourth-order valence-corrected chi connectivity index (χ4v) is 1.11. The fraction of sp³-hybridized carbons (Fsp3) is 0.556. The summed E-state index contributed by atoms with van der Waals surface area (Å²) in [4.78, 5) is 2.11. The van der Waals surface area contributed by atoms with E-state index in [2.05, 4.69) is 11.8 Å². The molecular weight excluding hydrogens is 138 g/mol. The minimum atomic E-state index is 0.899. The van der Waals surface area contributed by atoms with Gasteiger partial charge in [-0.15, -0.1) is 0 Å². The first kappa shape index (κ1) is 8.34. The van der Waals surface area contributed by atoms with E-state index in [0.29, 0.717) is 0 Å². The van der Waals surface area contributed by atoms with Gasteiger partial charge in [-0.25, -0.2) is 0 Å². The Balaban J connectivity index is 2.68. The van der Waals surface area contributed by atoms with E-state index in [-0.39, 0.29) is 0 Å². The van der Waals surface area contributed by atoms with Gasteiger partial charge in [0.1, 0.15) is 5.76 Å². The fourth-order valence-electron chi connectivity index (χ4n) is 1.11. The molecule has 11 heavy (non-hydrogen) atoms. The first-order chi connectivity index (χ1) is 5.24. The summed E-state index contributed by atoms with van der Waals surface area (Å²) in [5, 5.41) is 0. The molecule has 2 nitrogen and oxygen atoms in total. The summed E-state index contributed by atoms with van der Waals surface area (Å²) in [6.45, 7) is 3.04. The van der Waals surface area contributed by atoms with Crippen LogP contribution in [0.25, 0.3) is 0 Å². The number of rotatable bonds is 3. The second kappa shape index (κ2) is 3.58. The molecule has 0 aromatic carbocycles. The van der Waals surface area contributed by atoms with Crippen molar-refractivity contribution in [2.75, 3.05) is 14.1 Å². The predicted molar refractivity (Wildman–Crippen MR) is 45.5 cm³/mol. The second-order valence-corrected chi connectivity index (χ2v) is 2.96. The van der Waals surface area contributed by atoms with Crippen LogP contribution < -0.4 is 0 Å². The summed E-state index contributed by atoms with van der Waals surface area (Å²) in [7, 11) is 4.09. The smallest absolute Gasteiger partial charge is 0.120 e. The van der Waals surface area contributed by atoms with Crippen molar-refractivity contribution in [1.29, 1.82) is 0 Å². The molecule has 1 rings (SSSR count). The Morgan fingerprint density at radius 2 is 2.18 bits per heavy atom. The summed E-state index contributed by atoms with van der Waals surface area (Å²) in [5.74, 6) is 1.09. The molecule has 0 fully saturated rings. The summed E-state index contributed by atoms with van der Waals surface area (Å²) in [6, 6.07) is 2.04. The molecule has 0 aliphatic carbocycles. The van der Waals surface area contributed by atoms with Crippen LogP contribution in [0.3, 0.4) is 0 Å². The minimum absolute atomic E-state index is 0.899. The Bertz CT molecular complexity index is 215. The maximum Gasteiger partial charge on any atom is 0.120 e. The lowest BCUT2D eigenvalue weighted by molar-refractivity contribution is 0.348. The number of hydrogen-bond acceptors (Lipinski definition) is 2. The van der Waals surface area contributed by atoms with Crippen LogP contribution in [-0.2, 0) is 13.0 Å². The molecule has 0 aliphatic heterocycles. The molecule has 0 radical (unpaired) electrons. The van der Waals surface area contributed by atoms with Crippen molar-refractivity contribution < 1.29 is 4.42 Å². The van der Waals surface area contributed by atoms with E-state index in [0.717, 1.165) is 18.7 Å². The van der Waals surface area contributed by atoms with Gasteiger partial charge in [-0.3, -0.25) is 0 Å². The molecular formula is C9H15NO. The van der Waals surface area contributed by atoms with Gasteiger partial charge in [0, 0.05) is 0 Å². The van der Waals surface area contributed by atoms with Crippen LogP contribution in [0.5, 0.6) is 0 Å². The number of furan rings is 1. The maximum atomic E-state index is 5.32. The van der Waals surface area contributed by atoms with Gasteiger partial charge in [0.2, 0.25) is 0 Å². The molecule has 1 heterocycles. The SMILES string of the molecule is CCc1ccoc1CN(C)C. The van der Waals surface area contributed by atoms with Gasteiger partial charge in [0.05, 0.1) is 12.8 Å². The van der Waals surface area contributed by atoms with E-state index in [9.17, 15) is 0 Å². The van der Waals surface area contributed by atoms with E-state index < -0.39 is 0 Å². The van der Waals surface area contributed by atoms with Crippen molar-refractivity contribution in [3.8, 4) is 0 Å². The molecule has 2 heteroatoms. The lowest BCUT2D eigenvalue weighted by atomic mass is 10.2. The Morgan fingerprint density at radius 3 is 2.73 bits per heavy atom. The normalized spacial score (nSPS) is 10.9. The molecule has 0 atom stereocenters. The second-order valence-electron chi connectivity index (χ2n) is 2.96. The van der Waals surface area contributed by atoms with Gasteiger partial charge >= 0.3 is 0 Å². The highest BCUT2D eigenvalue weighted by molar-refractivity contribution is 5.16. The maximum absolute atomic E-state index is 5.32. The van der Waals surface area contributed by atoms with Crippen molar-refractivity contribution in [2.45, 2.75) is 19.9 Å². The van der Waals surface area contributed by atoms with Crippen LogP contribution in [0.2, 0.25) is 0 Å². The molecule has 1 aromatic rings. The molecule has 0 spiro atoms. The van der Waals surface area contributed by atoms with E-state index in [4.69, 9.17) is 4.42 Å². The molecule has 0 saturated carbocycles. The molecule has 0 amide bonds. The first-order valence-electron chi connectivity index (χ1n) is 3.94. The Hall–Kier alpha value is -0.760. The number of nitrogens with zero attached hydrogens (tertiary/aromatic N) is 1. The lowest BCUT2D eigenvalue weighted by Crippen LogP contribution is -2.10. The van der Waals surface area contributed by atoms with Gasteiger partial charge in [-0.05, 0) is 32.1 Å². The standard InChI is InChI=1S/C9H15NO/c1-4-8-5-6-11-9(8)7-10(2)3/h5-6H,4,7H2,1-3H3. The van der Waals surface area contributed by atoms with Gasteiger partial charge in [-0.1, -0.05) is 6.92 Å². The van der Waals surface area contributed by atoms with Crippen LogP contribution in [0, 0.1) is 0 Å². The molecule has 0 bridgehead atoms. The van der Waals surface area contributed by atoms with Crippen molar-refractivity contribution in [2.24, 2.45) is 0 Å². The summed E-state index contributed by atoms with van der Waals surface area (Å²) in [5.41, 5.74) is 1.32. The molecule has 62 valence electrons. The summed E-state index contributed by atoms with van der Waals surface area (Å²) >= 11 is 0. The topological polar surface area (TPSA) is 16.4 Å². The van der Waals surface area contributed by atoms with Crippen LogP contribution in [0.1, 0.15) is 18.2 Å². The highest BCUT2D eigenvalue weighted by Gasteiger charge is 2.04. The zero-order valence-corrected chi connectivity index (χ0v) is 7.42. The average Bonchev–Trinajstić information content (AvgIpc) is 2.34. The van der Waals surface area contributed by atoms with Crippen LogP contribution in [0.4, 0.5) is 0 Å². The Kier molecular flexibility index (Phi) is 2.71. The van der Waals surface area contributed by atoms with Crippen LogP contribution in [-0.4, -0.2) is 19.0 Å². The summed E-state index contributed by atoms with van der Waals surface area (Å²) in [6.07, 6.45) is 2.82. The first-order valence-corrected chi connectivity index (χ1v) is 3.94.